The van der Waals surface area contributed by atoms with Gasteiger partial charge in [-0.25, -0.2) is 8.42 Å². The predicted molar refractivity (Wildman–Crippen MR) is 66.8 cm³/mol. The van der Waals surface area contributed by atoms with Gasteiger partial charge in [-0.1, -0.05) is 0 Å². The smallest absolute Gasteiger partial charge is 0.304 e. The van der Waals surface area contributed by atoms with Crippen molar-refractivity contribution in [3.63, 3.8) is 0 Å². The monoisotopic (exact) mass is 272 g/mol. The van der Waals surface area contributed by atoms with Crippen LogP contribution in [0.5, 0.6) is 5.75 Å². The fourth-order valence-corrected chi connectivity index (χ4v) is 3.22. The molecule has 0 fully saturated rings. The Kier molecular flexibility index (Phi) is 4.34. The minimum Gasteiger partial charge on any atom is -0.496 e. The summed E-state index contributed by atoms with van der Waals surface area (Å²) in [5, 5.41) is 8.55. The molecule has 100 valence electrons. The van der Waals surface area contributed by atoms with Gasteiger partial charge < -0.3 is 9.84 Å². The fourth-order valence-electron chi connectivity index (χ4n) is 1.66. The number of carboxylic acid groups (broad SMARTS) is 1. The third-order valence-electron chi connectivity index (χ3n) is 2.83. The molecule has 0 aliphatic rings. The number of aliphatic carboxylic acids is 1. The number of rotatable bonds is 5. The highest BCUT2D eigenvalue weighted by atomic mass is 32.2. The van der Waals surface area contributed by atoms with Gasteiger partial charge in [0.15, 0.2) is 9.84 Å². The first-order valence-electron chi connectivity index (χ1n) is 5.38. The van der Waals surface area contributed by atoms with Crippen LogP contribution in [0.2, 0.25) is 0 Å². The van der Waals surface area contributed by atoms with Crippen molar-refractivity contribution in [2.75, 3.05) is 12.9 Å². The van der Waals surface area contributed by atoms with Crippen LogP contribution >= 0.6 is 0 Å². The largest absolute Gasteiger partial charge is 0.496 e. The summed E-state index contributed by atoms with van der Waals surface area (Å²) in [6, 6.07) is 3.04. The number of carboxylic acids is 1. The molecule has 0 unspecified atom stereocenters. The molecule has 0 atom stereocenters. The highest BCUT2D eigenvalue weighted by Crippen LogP contribution is 2.27. The lowest BCUT2D eigenvalue weighted by molar-refractivity contribution is -0.136. The molecule has 18 heavy (non-hydrogen) atoms. The van der Waals surface area contributed by atoms with Gasteiger partial charge in [0.25, 0.3) is 0 Å². The zero-order chi connectivity index (χ0) is 13.9. The molecule has 0 aromatic heterocycles. The number of hydrogen-bond donors (Lipinski definition) is 1. The second-order valence-corrected chi connectivity index (χ2v) is 6.06. The van der Waals surface area contributed by atoms with Gasteiger partial charge in [-0.15, -0.1) is 0 Å². The Morgan fingerprint density at radius 2 is 1.89 bits per heavy atom. The molecule has 1 aromatic carbocycles. The average Bonchev–Trinajstić information content (AvgIpc) is 2.30. The Morgan fingerprint density at radius 3 is 2.39 bits per heavy atom. The van der Waals surface area contributed by atoms with Crippen LogP contribution in [0.4, 0.5) is 0 Å². The van der Waals surface area contributed by atoms with Crippen LogP contribution < -0.4 is 4.74 Å². The van der Waals surface area contributed by atoms with E-state index in [1.165, 1.54) is 13.2 Å². The molecule has 0 radical (unpaired) electrons. The van der Waals surface area contributed by atoms with E-state index in [9.17, 15) is 13.2 Å². The van der Waals surface area contributed by atoms with Gasteiger partial charge in [0.1, 0.15) is 5.75 Å². The summed E-state index contributed by atoms with van der Waals surface area (Å²) in [4.78, 5) is 10.6. The Morgan fingerprint density at radius 1 is 1.28 bits per heavy atom. The van der Waals surface area contributed by atoms with Crippen molar-refractivity contribution in [1.82, 2.24) is 0 Å². The van der Waals surface area contributed by atoms with Crippen molar-refractivity contribution in [2.45, 2.75) is 25.2 Å². The van der Waals surface area contributed by atoms with Crippen LogP contribution in [0.15, 0.2) is 17.0 Å². The number of sulfone groups is 1. The van der Waals surface area contributed by atoms with Gasteiger partial charge in [-0.05, 0) is 37.1 Å². The van der Waals surface area contributed by atoms with Crippen LogP contribution in [0.1, 0.15) is 17.5 Å². The summed E-state index contributed by atoms with van der Waals surface area (Å²) in [7, 11) is -2.06. The van der Waals surface area contributed by atoms with Crippen molar-refractivity contribution in [2.24, 2.45) is 0 Å². The summed E-state index contributed by atoms with van der Waals surface area (Å²) in [5.41, 5.74) is 1.34. The molecule has 0 amide bonds. The molecule has 1 rings (SSSR count). The zero-order valence-corrected chi connectivity index (χ0v) is 11.4. The van der Waals surface area contributed by atoms with Crippen molar-refractivity contribution in [3.8, 4) is 5.75 Å². The van der Waals surface area contributed by atoms with E-state index in [0.29, 0.717) is 11.3 Å². The zero-order valence-electron chi connectivity index (χ0n) is 10.6. The summed E-state index contributed by atoms with van der Waals surface area (Å²) in [6.07, 6.45) is -0.396. The first kappa shape index (κ1) is 14.5. The van der Waals surface area contributed by atoms with Crippen molar-refractivity contribution in [3.05, 3.63) is 23.3 Å². The van der Waals surface area contributed by atoms with Crippen LogP contribution in [0.3, 0.4) is 0 Å². The maximum absolute atomic E-state index is 12.0. The third kappa shape index (κ3) is 3.01. The SMILES string of the molecule is COc1ccc(S(=O)(=O)CCC(=O)O)c(C)c1C. The maximum Gasteiger partial charge on any atom is 0.304 e. The van der Waals surface area contributed by atoms with E-state index >= 15 is 0 Å². The normalized spacial score (nSPS) is 11.3. The highest BCUT2D eigenvalue weighted by Gasteiger charge is 2.20. The molecule has 0 bridgehead atoms. The quantitative estimate of drug-likeness (QED) is 0.879. The second-order valence-electron chi connectivity index (χ2n) is 3.98. The van der Waals surface area contributed by atoms with Crippen LogP contribution in [-0.2, 0) is 14.6 Å². The molecular formula is C12H16O5S. The van der Waals surface area contributed by atoms with E-state index in [1.54, 1.807) is 19.9 Å². The average molecular weight is 272 g/mol. The van der Waals surface area contributed by atoms with Gasteiger partial charge in [-0.2, -0.15) is 0 Å². The summed E-state index contributed by atoms with van der Waals surface area (Å²) in [6.45, 7) is 3.45. The van der Waals surface area contributed by atoms with Gasteiger partial charge in [0.05, 0.1) is 24.2 Å². The van der Waals surface area contributed by atoms with Gasteiger partial charge in [-0.3, -0.25) is 4.79 Å². The molecule has 0 heterocycles. The predicted octanol–water partition coefficient (Wildman–Crippen LogP) is 1.56. The van der Waals surface area contributed by atoms with E-state index < -0.39 is 28.0 Å². The molecular weight excluding hydrogens is 256 g/mol. The number of benzene rings is 1. The van der Waals surface area contributed by atoms with Gasteiger partial charge in [0, 0.05) is 0 Å². The number of methoxy groups -OCH3 is 1. The number of ether oxygens (including phenoxy) is 1. The van der Waals surface area contributed by atoms with Crippen LogP contribution in [-0.4, -0.2) is 32.4 Å². The Balaban J connectivity index is 3.18. The van der Waals surface area contributed by atoms with E-state index in [2.05, 4.69) is 0 Å². The Bertz CT molecular complexity index is 560. The lowest BCUT2D eigenvalue weighted by atomic mass is 10.1. The second kappa shape index (κ2) is 5.39. The van der Waals surface area contributed by atoms with Crippen molar-refractivity contribution >= 4 is 15.8 Å². The molecule has 6 heteroatoms. The molecule has 5 nitrogen and oxygen atoms in total. The molecule has 0 saturated carbocycles. The fraction of sp³-hybridized carbons (Fsp3) is 0.417. The third-order valence-corrected chi connectivity index (χ3v) is 4.68. The lowest BCUT2D eigenvalue weighted by Crippen LogP contribution is -2.12. The lowest BCUT2D eigenvalue weighted by Gasteiger charge is -2.12. The number of carbonyl (C=O) groups is 1. The topological polar surface area (TPSA) is 80.7 Å². The minimum absolute atomic E-state index is 0.169. The first-order valence-corrected chi connectivity index (χ1v) is 7.03. The maximum atomic E-state index is 12.0. The van der Waals surface area contributed by atoms with Crippen LogP contribution in [0, 0.1) is 13.8 Å². The summed E-state index contributed by atoms with van der Waals surface area (Å²) >= 11 is 0. The van der Waals surface area contributed by atoms with E-state index in [0.717, 1.165) is 5.56 Å². The number of hydrogen-bond acceptors (Lipinski definition) is 4. The standard InChI is InChI=1S/C12H16O5S/c1-8-9(2)11(5-4-10(8)17-3)18(15,16)7-6-12(13)14/h4-5H,6-7H2,1-3H3,(H,13,14). The molecule has 1 aromatic rings. The van der Waals surface area contributed by atoms with Crippen LogP contribution in [0.25, 0.3) is 0 Å². The first-order chi connectivity index (χ1) is 8.29. The minimum atomic E-state index is -3.57. The highest BCUT2D eigenvalue weighted by molar-refractivity contribution is 7.91. The van der Waals surface area contributed by atoms with Crippen molar-refractivity contribution < 1.29 is 23.1 Å². The van der Waals surface area contributed by atoms with Gasteiger partial charge >= 0.3 is 5.97 Å². The summed E-state index contributed by atoms with van der Waals surface area (Å²) < 4.78 is 29.1. The van der Waals surface area contributed by atoms with E-state index in [-0.39, 0.29) is 4.90 Å². The Hall–Kier alpha value is -1.56. The molecule has 0 aliphatic heterocycles. The van der Waals surface area contributed by atoms with E-state index in [4.69, 9.17) is 9.84 Å². The molecule has 0 aliphatic carbocycles. The van der Waals surface area contributed by atoms with E-state index in [1.807, 2.05) is 0 Å². The van der Waals surface area contributed by atoms with Gasteiger partial charge in [0.2, 0.25) is 0 Å². The molecule has 0 spiro atoms. The summed E-state index contributed by atoms with van der Waals surface area (Å²) in [5.74, 6) is -0.902. The Labute approximate surface area is 106 Å². The molecule has 1 N–H and O–H groups in total. The molecule has 0 saturated heterocycles. The van der Waals surface area contributed by atoms with Crippen molar-refractivity contribution in [1.29, 1.82) is 0 Å².